The molecule has 0 heterocycles. The van der Waals surface area contributed by atoms with Crippen LogP contribution < -0.4 is 14.8 Å². The Morgan fingerprint density at radius 3 is 2.67 bits per heavy atom. The first-order valence-electron chi connectivity index (χ1n) is 6.46. The largest absolute Gasteiger partial charge is 0.497 e. The van der Waals surface area contributed by atoms with Gasteiger partial charge in [0.05, 0.1) is 12.1 Å². The lowest BCUT2D eigenvalue weighted by Crippen LogP contribution is -2.30. The lowest BCUT2D eigenvalue weighted by atomic mass is 10.2. The van der Waals surface area contributed by atoms with E-state index in [9.17, 15) is 4.79 Å². The van der Waals surface area contributed by atoms with Gasteiger partial charge in [-0.25, -0.2) is 0 Å². The maximum absolute atomic E-state index is 12.1. The van der Waals surface area contributed by atoms with Gasteiger partial charge in [-0.15, -0.1) is 0 Å². The van der Waals surface area contributed by atoms with Crippen molar-refractivity contribution in [1.29, 1.82) is 0 Å². The molecule has 0 aliphatic carbocycles. The van der Waals surface area contributed by atoms with Gasteiger partial charge in [-0.3, -0.25) is 4.79 Å². The summed E-state index contributed by atoms with van der Waals surface area (Å²) in [5.41, 5.74) is 0.647. The van der Waals surface area contributed by atoms with E-state index in [1.54, 1.807) is 62.6 Å². The first-order chi connectivity index (χ1) is 10.1. The molecule has 110 valence electrons. The fourth-order valence-corrected chi connectivity index (χ4v) is 1.91. The van der Waals surface area contributed by atoms with E-state index >= 15 is 0 Å². The molecule has 0 radical (unpaired) electrons. The summed E-state index contributed by atoms with van der Waals surface area (Å²) in [4.78, 5) is 12.1. The number of ether oxygens (including phenoxy) is 2. The minimum Gasteiger partial charge on any atom is -0.497 e. The van der Waals surface area contributed by atoms with Crippen molar-refractivity contribution >= 4 is 23.2 Å². The molecule has 1 amide bonds. The van der Waals surface area contributed by atoms with Gasteiger partial charge in [0.25, 0.3) is 5.91 Å². The molecular weight excluding hydrogens is 290 g/mol. The number of nitrogens with one attached hydrogen (secondary N) is 1. The molecule has 0 unspecified atom stereocenters. The van der Waals surface area contributed by atoms with Crippen molar-refractivity contribution in [3.63, 3.8) is 0 Å². The Bertz CT molecular complexity index is 630. The summed E-state index contributed by atoms with van der Waals surface area (Å²) in [5, 5.41) is 3.24. The van der Waals surface area contributed by atoms with Gasteiger partial charge in [0.1, 0.15) is 11.5 Å². The Labute approximate surface area is 128 Å². The molecule has 0 bridgehead atoms. The molecule has 0 aliphatic heterocycles. The number of hydrogen-bond acceptors (Lipinski definition) is 3. The quantitative estimate of drug-likeness (QED) is 0.915. The number of anilines is 1. The van der Waals surface area contributed by atoms with E-state index in [1.165, 1.54) is 0 Å². The van der Waals surface area contributed by atoms with Crippen LogP contribution in [0.3, 0.4) is 0 Å². The second kappa shape index (κ2) is 6.99. The van der Waals surface area contributed by atoms with Gasteiger partial charge in [0, 0.05) is 11.8 Å². The van der Waals surface area contributed by atoms with Crippen LogP contribution in [0, 0.1) is 0 Å². The molecule has 4 nitrogen and oxygen atoms in total. The van der Waals surface area contributed by atoms with Crippen LogP contribution in [0.1, 0.15) is 6.92 Å². The number of carbonyl (C=O) groups excluding carboxylic acids is 1. The van der Waals surface area contributed by atoms with Crippen molar-refractivity contribution < 1.29 is 14.3 Å². The second-order valence-electron chi connectivity index (χ2n) is 4.41. The van der Waals surface area contributed by atoms with Crippen LogP contribution in [-0.4, -0.2) is 19.1 Å². The van der Waals surface area contributed by atoms with Crippen LogP contribution in [-0.2, 0) is 4.79 Å². The highest BCUT2D eigenvalue weighted by Crippen LogP contribution is 2.24. The van der Waals surface area contributed by atoms with E-state index in [0.717, 1.165) is 0 Å². The molecule has 0 spiro atoms. The predicted octanol–water partition coefficient (Wildman–Crippen LogP) is 3.75. The smallest absolute Gasteiger partial charge is 0.265 e. The molecule has 0 aromatic heterocycles. The van der Waals surface area contributed by atoms with E-state index in [4.69, 9.17) is 21.1 Å². The Kier molecular flexibility index (Phi) is 5.06. The number of carbonyl (C=O) groups is 1. The van der Waals surface area contributed by atoms with Crippen molar-refractivity contribution in [2.45, 2.75) is 13.0 Å². The highest BCUT2D eigenvalue weighted by Gasteiger charge is 2.16. The summed E-state index contributed by atoms with van der Waals surface area (Å²) in [6, 6.07) is 14.2. The van der Waals surface area contributed by atoms with E-state index in [-0.39, 0.29) is 5.91 Å². The van der Waals surface area contributed by atoms with Gasteiger partial charge in [0.15, 0.2) is 6.10 Å². The number of para-hydroxylation sites is 1. The highest BCUT2D eigenvalue weighted by atomic mass is 35.5. The monoisotopic (exact) mass is 305 g/mol. The van der Waals surface area contributed by atoms with Crippen LogP contribution in [0.4, 0.5) is 5.69 Å². The number of halogens is 1. The molecule has 1 N–H and O–H groups in total. The molecule has 0 fully saturated rings. The summed E-state index contributed by atoms with van der Waals surface area (Å²) in [6.45, 7) is 1.67. The fraction of sp³-hybridized carbons (Fsp3) is 0.188. The number of amides is 1. The first kappa shape index (κ1) is 15.2. The van der Waals surface area contributed by atoms with Gasteiger partial charge in [-0.05, 0) is 31.2 Å². The molecule has 0 aliphatic rings. The average molecular weight is 306 g/mol. The topological polar surface area (TPSA) is 47.6 Å². The maximum Gasteiger partial charge on any atom is 0.265 e. The number of benzene rings is 2. The lowest BCUT2D eigenvalue weighted by Gasteiger charge is -2.15. The summed E-state index contributed by atoms with van der Waals surface area (Å²) >= 11 is 6.00. The molecule has 0 saturated heterocycles. The van der Waals surface area contributed by atoms with Crippen LogP contribution in [0.2, 0.25) is 5.02 Å². The second-order valence-corrected chi connectivity index (χ2v) is 4.82. The molecule has 2 rings (SSSR count). The van der Waals surface area contributed by atoms with E-state index in [2.05, 4.69) is 5.32 Å². The van der Waals surface area contributed by atoms with Crippen molar-refractivity contribution in [3.05, 3.63) is 53.6 Å². The van der Waals surface area contributed by atoms with Crippen molar-refractivity contribution in [3.8, 4) is 11.5 Å². The molecule has 1 atom stereocenters. The SMILES string of the molecule is COc1cccc(NC(=O)[C@H](C)Oc2ccccc2Cl)c1. The molecular formula is C16H16ClNO3. The molecule has 0 saturated carbocycles. The van der Waals surface area contributed by atoms with Crippen molar-refractivity contribution in [1.82, 2.24) is 0 Å². The summed E-state index contributed by atoms with van der Waals surface area (Å²) in [7, 11) is 1.57. The molecule has 2 aromatic carbocycles. The molecule has 2 aromatic rings. The zero-order valence-corrected chi connectivity index (χ0v) is 12.6. The molecule has 21 heavy (non-hydrogen) atoms. The minimum absolute atomic E-state index is 0.261. The third-order valence-electron chi connectivity index (χ3n) is 2.85. The van der Waals surface area contributed by atoms with Gasteiger partial charge < -0.3 is 14.8 Å². The van der Waals surface area contributed by atoms with E-state index in [0.29, 0.717) is 22.2 Å². The normalized spacial score (nSPS) is 11.6. The standard InChI is InChI=1S/C16H16ClNO3/c1-11(21-15-9-4-3-8-14(15)17)16(19)18-12-6-5-7-13(10-12)20-2/h3-11H,1-2H3,(H,18,19)/t11-/m0/s1. The van der Waals surface area contributed by atoms with Crippen LogP contribution in [0.5, 0.6) is 11.5 Å². The zero-order valence-electron chi connectivity index (χ0n) is 11.8. The Morgan fingerprint density at radius 2 is 1.95 bits per heavy atom. The number of rotatable bonds is 5. The Balaban J connectivity index is 2.01. The minimum atomic E-state index is -0.670. The Hall–Kier alpha value is -2.20. The van der Waals surface area contributed by atoms with Gasteiger partial charge >= 0.3 is 0 Å². The maximum atomic E-state index is 12.1. The summed E-state index contributed by atoms with van der Waals surface area (Å²) < 4.78 is 10.7. The summed E-state index contributed by atoms with van der Waals surface area (Å²) in [5.74, 6) is 0.892. The van der Waals surface area contributed by atoms with E-state index < -0.39 is 6.10 Å². The predicted molar refractivity (Wildman–Crippen MR) is 83.2 cm³/mol. The van der Waals surface area contributed by atoms with Gasteiger partial charge in [0.2, 0.25) is 0 Å². The fourth-order valence-electron chi connectivity index (χ4n) is 1.73. The number of methoxy groups -OCH3 is 1. The average Bonchev–Trinajstić information content (AvgIpc) is 2.49. The lowest BCUT2D eigenvalue weighted by molar-refractivity contribution is -0.122. The third kappa shape index (κ3) is 4.13. The first-order valence-corrected chi connectivity index (χ1v) is 6.84. The number of hydrogen-bond donors (Lipinski definition) is 1. The third-order valence-corrected chi connectivity index (χ3v) is 3.16. The van der Waals surface area contributed by atoms with Crippen molar-refractivity contribution in [2.75, 3.05) is 12.4 Å². The van der Waals surface area contributed by atoms with Crippen LogP contribution in [0.25, 0.3) is 0 Å². The van der Waals surface area contributed by atoms with Crippen molar-refractivity contribution in [2.24, 2.45) is 0 Å². The van der Waals surface area contributed by atoms with Crippen LogP contribution >= 0.6 is 11.6 Å². The highest BCUT2D eigenvalue weighted by molar-refractivity contribution is 6.32. The van der Waals surface area contributed by atoms with Gasteiger partial charge in [-0.1, -0.05) is 29.8 Å². The van der Waals surface area contributed by atoms with Crippen LogP contribution in [0.15, 0.2) is 48.5 Å². The zero-order chi connectivity index (χ0) is 15.2. The summed E-state index contributed by atoms with van der Waals surface area (Å²) in [6.07, 6.45) is -0.670. The molecule has 5 heteroatoms. The van der Waals surface area contributed by atoms with E-state index in [1.807, 2.05) is 0 Å². The Morgan fingerprint density at radius 1 is 1.19 bits per heavy atom. The van der Waals surface area contributed by atoms with Gasteiger partial charge in [-0.2, -0.15) is 0 Å².